The van der Waals surface area contributed by atoms with E-state index in [4.69, 9.17) is 8.94 Å². The van der Waals surface area contributed by atoms with Gasteiger partial charge in [0.05, 0.1) is 5.75 Å². The van der Waals surface area contributed by atoms with Gasteiger partial charge in [0, 0.05) is 11.1 Å². The van der Waals surface area contributed by atoms with Crippen molar-refractivity contribution in [3.05, 3.63) is 65.5 Å². The maximum absolute atomic E-state index is 5.74. The van der Waals surface area contributed by atoms with E-state index in [-0.39, 0.29) is 0 Å². The Morgan fingerprint density at radius 1 is 0.923 bits per heavy atom. The van der Waals surface area contributed by atoms with E-state index in [1.54, 1.807) is 0 Å². The zero-order chi connectivity index (χ0) is 17.9. The van der Waals surface area contributed by atoms with Gasteiger partial charge in [0.15, 0.2) is 0 Å². The Bertz CT molecular complexity index is 1010. The van der Waals surface area contributed by atoms with Gasteiger partial charge in [-0.05, 0) is 26.0 Å². The Morgan fingerprint density at radius 3 is 2.46 bits per heavy atom. The van der Waals surface area contributed by atoms with Crippen LogP contribution in [-0.4, -0.2) is 20.3 Å². The quantitative estimate of drug-likeness (QED) is 0.475. The molecule has 0 saturated carbocycles. The van der Waals surface area contributed by atoms with E-state index in [1.807, 2.05) is 56.3 Å². The summed E-state index contributed by atoms with van der Waals surface area (Å²) in [5, 5.41) is 12.7. The van der Waals surface area contributed by atoms with Crippen molar-refractivity contribution in [3.63, 3.8) is 0 Å². The van der Waals surface area contributed by atoms with Gasteiger partial charge in [0.2, 0.25) is 17.6 Å². The molecule has 0 saturated heterocycles. The number of benzene rings is 2. The van der Waals surface area contributed by atoms with Gasteiger partial charge < -0.3 is 8.94 Å². The summed E-state index contributed by atoms with van der Waals surface area (Å²) in [4.78, 5) is 4.40. The minimum absolute atomic E-state index is 0.467. The first-order chi connectivity index (χ1) is 12.7. The molecule has 0 spiro atoms. The Balaban J connectivity index is 1.44. The minimum atomic E-state index is 0.467. The first-order valence-corrected chi connectivity index (χ1v) is 9.09. The lowest BCUT2D eigenvalue weighted by Gasteiger charge is -1.99. The number of nitrogens with zero attached hydrogens (tertiary/aromatic N) is 4. The fourth-order valence-electron chi connectivity index (χ4n) is 2.62. The van der Waals surface area contributed by atoms with Crippen LogP contribution in [0, 0.1) is 13.8 Å². The van der Waals surface area contributed by atoms with Crippen molar-refractivity contribution in [2.75, 3.05) is 0 Å². The molecule has 0 atom stereocenters. The standard InChI is InChI=1S/C19H16N4O2S/c1-12-8-13(2)10-15(9-12)18-21-22-19(24-18)26-11-16-20-17(23-25-16)14-6-4-3-5-7-14/h3-10H,11H2,1-2H3. The first kappa shape index (κ1) is 16.5. The molecule has 0 radical (unpaired) electrons. The molecular formula is C19H16N4O2S. The van der Waals surface area contributed by atoms with Crippen LogP contribution in [0.25, 0.3) is 22.8 Å². The van der Waals surface area contributed by atoms with Crippen molar-refractivity contribution >= 4 is 11.8 Å². The average molecular weight is 364 g/mol. The second-order valence-corrected chi connectivity index (χ2v) is 6.84. The lowest BCUT2D eigenvalue weighted by Crippen LogP contribution is -1.82. The number of aryl methyl sites for hydroxylation is 2. The molecule has 26 heavy (non-hydrogen) atoms. The van der Waals surface area contributed by atoms with E-state index in [0.29, 0.717) is 28.6 Å². The zero-order valence-electron chi connectivity index (χ0n) is 14.3. The fraction of sp³-hybridized carbons (Fsp3) is 0.158. The number of aromatic nitrogens is 4. The van der Waals surface area contributed by atoms with E-state index in [9.17, 15) is 0 Å². The molecule has 6 nitrogen and oxygen atoms in total. The topological polar surface area (TPSA) is 77.8 Å². The molecule has 0 unspecified atom stereocenters. The second-order valence-electron chi connectivity index (χ2n) is 5.92. The molecule has 4 rings (SSSR count). The van der Waals surface area contributed by atoms with Gasteiger partial charge in [0.1, 0.15) is 0 Å². The van der Waals surface area contributed by atoms with Crippen molar-refractivity contribution in [2.45, 2.75) is 24.8 Å². The predicted molar refractivity (Wildman–Crippen MR) is 98.5 cm³/mol. The summed E-state index contributed by atoms with van der Waals surface area (Å²) < 4.78 is 11.0. The van der Waals surface area contributed by atoms with Gasteiger partial charge in [-0.2, -0.15) is 4.98 Å². The van der Waals surface area contributed by atoms with Gasteiger partial charge in [-0.15, -0.1) is 10.2 Å². The molecule has 4 aromatic rings. The van der Waals surface area contributed by atoms with E-state index >= 15 is 0 Å². The first-order valence-electron chi connectivity index (χ1n) is 8.10. The van der Waals surface area contributed by atoms with E-state index in [1.165, 1.54) is 11.8 Å². The Labute approximate surface area is 154 Å². The summed E-state index contributed by atoms with van der Waals surface area (Å²) in [6, 6.07) is 15.9. The van der Waals surface area contributed by atoms with Gasteiger partial charge in [0.25, 0.3) is 5.22 Å². The molecule has 0 amide bonds. The molecule has 0 bridgehead atoms. The molecule has 0 N–H and O–H groups in total. The Morgan fingerprint density at radius 2 is 1.69 bits per heavy atom. The lowest BCUT2D eigenvalue weighted by molar-refractivity contribution is 0.391. The minimum Gasteiger partial charge on any atom is -0.411 e. The number of hydrogen-bond donors (Lipinski definition) is 0. The van der Waals surface area contributed by atoms with E-state index < -0.39 is 0 Å². The average Bonchev–Trinajstić information content (AvgIpc) is 3.29. The molecule has 7 heteroatoms. The second kappa shape index (κ2) is 7.13. The van der Waals surface area contributed by atoms with Gasteiger partial charge in [-0.25, -0.2) is 0 Å². The van der Waals surface area contributed by atoms with Crippen molar-refractivity contribution in [1.82, 2.24) is 20.3 Å². The van der Waals surface area contributed by atoms with Crippen molar-refractivity contribution in [2.24, 2.45) is 0 Å². The molecule has 0 aliphatic heterocycles. The summed E-state index contributed by atoms with van der Waals surface area (Å²) in [5.74, 6) is 2.06. The summed E-state index contributed by atoms with van der Waals surface area (Å²) in [5.41, 5.74) is 4.16. The monoisotopic (exact) mass is 364 g/mol. The third-order valence-corrected chi connectivity index (χ3v) is 4.50. The highest BCUT2D eigenvalue weighted by Crippen LogP contribution is 2.27. The number of hydrogen-bond acceptors (Lipinski definition) is 7. The normalized spacial score (nSPS) is 11.0. The van der Waals surface area contributed by atoms with Crippen molar-refractivity contribution < 1.29 is 8.94 Å². The van der Waals surface area contributed by atoms with E-state index in [0.717, 1.165) is 22.3 Å². The summed E-state index contributed by atoms with van der Waals surface area (Å²) in [7, 11) is 0. The highest BCUT2D eigenvalue weighted by Gasteiger charge is 2.13. The van der Waals surface area contributed by atoms with Gasteiger partial charge in [-0.1, -0.05) is 64.4 Å². The molecule has 2 aromatic carbocycles. The third-order valence-electron chi connectivity index (χ3n) is 3.69. The van der Waals surface area contributed by atoms with Crippen LogP contribution in [0.1, 0.15) is 17.0 Å². The van der Waals surface area contributed by atoms with Crippen molar-refractivity contribution in [1.29, 1.82) is 0 Å². The van der Waals surface area contributed by atoms with Gasteiger partial charge >= 0.3 is 0 Å². The lowest BCUT2D eigenvalue weighted by atomic mass is 10.1. The van der Waals surface area contributed by atoms with Crippen LogP contribution in [0.5, 0.6) is 0 Å². The van der Waals surface area contributed by atoms with Crippen LogP contribution in [-0.2, 0) is 5.75 Å². The van der Waals surface area contributed by atoms with Crippen LogP contribution in [0.3, 0.4) is 0 Å². The molecule has 2 aromatic heterocycles. The zero-order valence-corrected chi connectivity index (χ0v) is 15.2. The van der Waals surface area contributed by atoms with Crippen LogP contribution in [0.4, 0.5) is 0 Å². The van der Waals surface area contributed by atoms with Crippen LogP contribution < -0.4 is 0 Å². The van der Waals surface area contributed by atoms with Gasteiger partial charge in [-0.3, -0.25) is 0 Å². The Kier molecular flexibility index (Phi) is 4.53. The maximum atomic E-state index is 5.74. The molecular weight excluding hydrogens is 348 g/mol. The summed E-state index contributed by atoms with van der Waals surface area (Å²) in [6.45, 7) is 4.09. The SMILES string of the molecule is Cc1cc(C)cc(-c2nnc(SCc3nc(-c4ccccc4)no3)o2)c1. The fourth-order valence-corrected chi connectivity index (χ4v) is 3.22. The molecule has 0 aliphatic rings. The maximum Gasteiger partial charge on any atom is 0.277 e. The molecule has 0 aliphatic carbocycles. The highest BCUT2D eigenvalue weighted by molar-refractivity contribution is 7.98. The molecule has 130 valence electrons. The Hall–Kier alpha value is -2.93. The smallest absolute Gasteiger partial charge is 0.277 e. The molecule has 0 fully saturated rings. The number of thioether (sulfide) groups is 1. The highest BCUT2D eigenvalue weighted by atomic mass is 32.2. The van der Waals surface area contributed by atoms with Crippen LogP contribution in [0.2, 0.25) is 0 Å². The van der Waals surface area contributed by atoms with E-state index in [2.05, 4.69) is 26.4 Å². The van der Waals surface area contributed by atoms with Crippen LogP contribution in [0.15, 0.2) is 62.7 Å². The largest absolute Gasteiger partial charge is 0.411 e. The van der Waals surface area contributed by atoms with Crippen molar-refractivity contribution in [3.8, 4) is 22.8 Å². The summed E-state index contributed by atoms with van der Waals surface area (Å²) >= 11 is 1.37. The predicted octanol–water partition coefficient (Wildman–Crippen LogP) is 4.70. The molecule has 2 heterocycles. The van der Waals surface area contributed by atoms with Crippen LogP contribution >= 0.6 is 11.8 Å². The number of rotatable bonds is 5. The summed E-state index contributed by atoms with van der Waals surface area (Å²) in [6.07, 6.45) is 0. The third kappa shape index (κ3) is 3.67.